The Kier molecular flexibility index (Phi) is 12.0. The molecule has 0 bridgehead atoms. The molecule has 3 N–H and O–H groups in total. The van der Waals surface area contributed by atoms with E-state index < -0.39 is 23.0 Å². The number of amides is 3. The second-order valence-electron chi connectivity index (χ2n) is 11.5. The van der Waals surface area contributed by atoms with Crippen LogP contribution in [0.4, 0.5) is 10.7 Å². The van der Waals surface area contributed by atoms with Crippen LogP contribution >= 0.6 is 23.1 Å². The Morgan fingerprint density at radius 2 is 1.52 bits per heavy atom. The highest BCUT2D eigenvalue weighted by Crippen LogP contribution is 2.37. The van der Waals surface area contributed by atoms with Gasteiger partial charge in [0.1, 0.15) is 16.3 Å². The molecule has 254 valence electrons. The fraction of sp³-hybridized carbons (Fsp3) is 0.150. The molecule has 0 aliphatic rings. The summed E-state index contributed by atoms with van der Waals surface area (Å²) >= 11 is 2.62. The number of aryl methyl sites for hydroxylation is 2. The monoisotopic (exact) mass is 703 g/mol. The van der Waals surface area contributed by atoms with E-state index >= 15 is 0 Å². The lowest BCUT2D eigenvalue weighted by molar-refractivity contribution is -0.116. The normalized spacial score (nSPS) is 11.7. The number of thiophene rings is 1. The van der Waals surface area contributed by atoms with E-state index in [0.29, 0.717) is 33.8 Å². The van der Waals surface area contributed by atoms with Gasteiger partial charge in [-0.15, -0.1) is 23.1 Å². The van der Waals surface area contributed by atoms with E-state index in [1.807, 2.05) is 86.8 Å². The molecule has 1 aromatic heterocycles. The summed E-state index contributed by atoms with van der Waals surface area (Å²) in [6, 6.07) is 31.3. The first-order valence-electron chi connectivity index (χ1n) is 16.0. The van der Waals surface area contributed by atoms with Crippen LogP contribution in [-0.2, 0) is 14.3 Å². The first-order chi connectivity index (χ1) is 24.1. The largest absolute Gasteiger partial charge is 0.465 e. The number of methoxy groups -OCH3 is 1. The van der Waals surface area contributed by atoms with Gasteiger partial charge in [0, 0.05) is 27.1 Å². The van der Waals surface area contributed by atoms with Crippen molar-refractivity contribution in [3.63, 3.8) is 0 Å². The number of carbonyl (C=O) groups is 4. The number of benzene rings is 4. The van der Waals surface area contributed by atoms with Crippen LogP contribution in [-0.4, -0.2) is 36.1 Å². The molecule has 0 aliphatic carbocycles. The average molecular weight is 704 g/mol. The first-order valence-corrected chi connectivity index (χ1v) is 17.7. The third kappa shape index (κ3) is 9.16. The summed E-state index contributed by atoms with van der Waals surface area (Å²) < 4.78 is 5.08. The van der Waals surface area contributed by atoms with Gasteiger partial charge < -0.3 is 20.7 Å². The molecule has 1 unspecified atom stereocenters. The second-order valence-corrected chi connectivity index (χ2v) is 13.6. The standard InChI is InChI=1S/C40H37N3O5S2/c1-5-34(38(46)43-39-35(40(47)48-4)32(24-49-39)28-20-16-26(3)17-21-28)50-31-13-9-12-30(23-31)41-37(45)33(22-27-18-14-25(2)15-19-27)42-36(44)29-10-7-6-8-11-29/h6-24,34H,5H2,1-4H3,(H,41,45)(H,42,44)(H,43,46)/b33-22-. The molecule has 10 heteroatoms. The molecular weight excluding hydrogens is 667 g/mol. The number of carbonyl (C=O) groups excluding carboxylic acids is 4. The van der Waals surface area contributed by atoms with Crippen LogP contribution in [0.1, 0.15) is 50.8 Å². The van der Waals surface area contributed by atoms with Gasteiger partial charge in [-0.1, -0.05) is 90.8 Å². The number of rotatable bonds is 12. The lowest BCUT2D eigenvalue weighted by Crippen LogP contribution is -2.30. The van der Waals surface area contributed by atoms with Gasteiger partial charge in [0.05, 0.1) is 12.4 Å². The molecule has 1 atom stereocenters. The quantitative estimate of drug-likeness (QED) is 0.0681. The maximum absolute atomic E-state index is 13.6. The molecule has 0 aliphatic heterocycles. The summed E-state index contributed by atoms with van der Waals surface area (Å²) in [5.74, 6) is -1.70. The van der Waals surface area contributed by atoms with Crippen LogP contribution in [0.5, 0.6) is 0 Å². The van der Waals surface area contributed by atoms with Crippen molar-refractivity contribution in [2.24, 2.45) is 0 Å². The van der Waals surface area contributed by atoms with Crippen molar-refractivity contribution >= 4 is 63.6 Å². The summed E-state index contributed by atoms with van der Waals surface area (Å²) in [5.41, 5.74) is 5.77. The molecule has 0 saturated carbocycles. The molecule has 4 aromatic carbocycles. The number of thioether (sulfide) groups is 1. The van der Waals surface area contributed by atoms with Gasteiger partial charge in [-0.05, 0) is 67.8 Å². The van der Waals surface area contributed by atoms with Crippen LogP contribution in [0, 0.1) is 13.8 Å². The number of hydrogen-bond donors (Lipinski definition) is 3. The number of hydrogen-bond acceptors (Lipinski definition) is 7. The van der Waals surface area contributed by atoms with Gasteiger partial charge in [0.2, 0.25) is 5.91 Å². The van der Waals surface area contributed by atoms with Crippen molar-refractivity contribution < 1.29 is 23.9 Å². The van der Waals surface area contributed by atoms with E-state index in [2.05, 4.69) is 16.0 Å². The van der Waals surface area contributed by atoms with Crippen molar-refractivity contribution in [1.82, 2.24) is 5.32 Å². The van der Waals surface area contributed by atoms with Crippen molar-refractivity contribution in [3.05, 3.63) is 142 Å². The van der Waals surface area contributed by atoms with E-state index in [-0.39, 0.29) is 11.6 Å². The second kappa shape index (κ2) is 16.8. The predicted octanol–water partition coefficient (Wildman–Crippen LogP) is 8.74. The van der Waals surface area contributed by atoms with Crippen LogP contribution < -0.4 is 16.0 Å². The van der Waals surface area contributed by atoms with Gasteiger partial charge in [0.15, 0.2) is 0 Å². The van der Waals surface area contributed by atoms with Crippen molar-refractivity contribution in [2.45, 2.75) is 37.3 Å². The van der Waals surface area contributed by atoms with Crippen molar-refractivity contribution in [3.8, 4) is 11.1 Å². The highest BCUT2D eigenvalue weighted by atomic mass is 32.2. The molecule has 0 spiro atoms. The summed E-state index contributed by atoms with van der Waals surface area (Å²) in [4.78, 5) is 53.8. The lowest BCUT2D eigenvalue weighted by atomic mass is 10.0. The van der Waals surface area contributed by atoms with E-state index in [9.17, 15) is 19.2 Å². The smallest absolute Gasteiger partial charge is 0.341 e. The van der Waals surface area contributed by atoms with E-state index in [1.54, 1.807) is 48.5 Å². The predicted molar refractivity (Wildman–Crippen MR) is 203 cm³/mol. The number of anilines is 2. The third-order valence-electron chi connectivity index (χ3n) is 7.73. The number of esters is 1. The Morgan fingerprint density at radius 3 is 2.18 bits per heavy atom. The third-order valence-corrected chi connectivity index (χ3v) is 9.98. The summed E-state index contributed by atoms with van der Waals surface area (Å²) in [7, 11) is 1.32. The van der Waals surface area contributed by atoms with Gasteiger partial charge in [-0.25, -0.2) is 4.79 Å². The SMILES string of the molecule is CCC(Sc1cccc(NC(=O)/C(=C/c2ccc(C)cc2)NC(=O)c2ccccc2)c1)C(=O)Nc1scc(-c2ccc(C)cc2)c1C(=O)OC. The lowest BCUT2D eigenvalue weighted by Gasteiger charge is -2.16. The fourth-order valence-electron chi connectivity index (χ4n) is 5.00. The Morgan fingerprint density at radius 1 is 0.840 bits per heavy atom. The zero-order valence-corrected chi connectivity index (χ0v) is 29.7. The zero-order valence-electron chi connectivity index (χ0n) is 28.1. The zero-order chi connectivity index (χ0) is 35.6. The summed E-state index contributed by atoms with van der Waals surface area (Å²) in [5, 5.41) is 10.4. The minimum Gasteiger partial charge on any atom is -0.465 e. The Balaban J connectivity index is 1.32. The highest BCUT2D eigenvalue weighted by Gasteiger charge is 2.25. The van der Waals surface area contributed by atoms with Crippen LogP contribution in [0.3, 0.4) is 0 Å². The van der Waals surface area contributed by atoms with Gasteiger partial charge in [-0.3, -0.25) is 14.4 Å². The molecule has 1 heterocycles. The molecule has 3 amide bonds. The Hall–Kier alpha value is -5.45. The fourth-order valence-corrected chi connectivity index (χ4v) is 6.97. The first kappa shape index (κ1) is 35.8. The van der Waals surface area contributed by atoms with E-state index in [1.165, 1.54) is 30.2 Å². The molecule has 0 fully saturated rings. The number of ether oxygens (including phenoxy) is 1. The topological polar surface area (TPSA) is 114 Å². The number of nitrogens with one attached hydrogen (secondary N) is 3. The van der Waals surface area contributed by atoms with Crippen LogP contribution in [0.2, 0.25) is 0 Å². The highest BCUT2D eigenvalue weighted by molar-refractivity contribution is 8.00. The maximum atomic E-state index is 13.6. The minimum atomic E-state index is -0.531. The Labute approximate surface area is 300 Å². The summed E-state index contributed by atoms with van der Waals surface area (Å²) in [6.45, 7) is 5.87. The molecule has 0 radical (unpaired) electrons. The van der Waals surface area contributed by atoms with E-state index in [4.69, 9.17) is 4.74 Å². The van der Waals surface area contributed by atoms with Crippen LogP contribution in [0.25, 0.3) is 17.2 Å². The van der Waals surface area contributed by atoms with Gasteiger partial charge in [0.25, 0.3) is 11.8 Å². The summed E-state index contributed by atoms with van der Waals surface area (Å²) in [6.07, 6.45) is 2.13. The van der Waals surface area contributed by atoms with Gasteiger partial charge >= 0.3 is 5.97 Å². The molecule has 8 nitrogen and oxygen atoms in total. The molecule has 50 heavy (non-hydrogen) atoms. The molecule has 5 aromatic rings. The average Bonchev–Trinajstić information content (AvgIpc) is 3.54. The van der Waals surface area contributed by atoms with Gasteiger partial charge in [-0.2, -0.15) is 0 Å². The molecular formula is C40H37N3O5S2. The minimum absolute atomic E-state index is 0.0777. The van der Waals surface area contributed by atoms with Crippen LogP contribution in [0.15, 0.2) is 119 Å². The van der Waals surface area contributed by atoms with Crippen molar-refractivity contribution in [2.75, 3.05) is 17.7 Å². The van der Waals surface area contributed by atoms with E-state index in [0.717, 1.165) is 27.1 Å². The molecule has 0 saturated heterocycles. The van der Waals surface area contributed by atoms with Crippen molar-refractivity contribution in [1.29, 1.82) is 0 Å². The molecule has 5 rings (SSSR count). The maximum Gasteiger partial charge on any atom is 0.341 e. The Bertz CT molecular complexity index is 2020.